The fourth-order valence-electron chi connectivity index (χ4n) is 2.25. The van der Waals surface area contributed by atoms with E-state index in [1.807, 2.05) is 24.3 Å². The molecule has 112 valence electrons. The molecule has 1 N–H and O–H groups in total. The smallest absolute Gasteiger partial charge is 0.119 e. The van der Waals surface area contributed by atoms with E-state index in [0.29, 0.717) is 0 Å². The fraction of sp³-hybridized carbons (Fsp3) is 0.333. The Labute approximate surface area is 126 Å². The maximum atomic E-state index is 5.23. The molecule has 3 heteroatoms. The van der Waals surface area contributed by atoms with E-state index >= 15 is 0 Å². The maximum absolute atomic E-state index is 5.23. The minimum absolute atomic E-state index is 0.920. The van der Waals surface area contributed by atoms with Crippen LogP contribution in [0.2, 0.25) is 0 Å². The first-order chi connectivity index (χ1) is 10.3. The minimum Gasteiger partial charge on any atom is -0.497 e. The normalized spacial score (nSPS) is 10.4. The van der Waals surface area contributed by atoms with Crippen molar-refractivity contribution in [1.29, 1.82) is 0 Å². The number of ether oxygens (including phenoxy) is 2. The van der Waals surface area contributed by atoms with Gasteiger partial charge in [-0.3, -0.25) is 0 Å². The van der Waals surface area contributed by atoms with Gasteiger partial charge < -0.3 is 14.8 Å². The second-order valence-electron chi connectivity index (χ2n) is 4.95. The lowest BCUT2D eigenvalue weighted by atomic mass is 10.1. The quantitative estimate of drug-likeness (QED) is 0.756. The van der Waals surface area contributed by atoms with Crippen molar-refractivity contribution in [1.82, 2.24) is 5.32 Å². The van der Waals surface area contributed by atoms with Crippen LogP contribution < -0.4 is 14.8 Å². The number of hydrogen-bond donors (Lipinski definition) is 1. The van der Waals surface area contributed by atoms with Gasteiger partial charge in [0.05, 0.1) is 14.2 Å². The van der Waals surface area contributed by atoms with E-state index in [4.69, 9.17) is 9.47 Å². The van der Waals surface area contributed by atoms with E-state index in [0.717, 1.165) is 37.4 Å². The summed E-state index contributed by atoms with van der Waals surface area (Å²) in [5.74, 6) is 1.84. The Morgan fingerprint density at radius 1 is 0.762 bits per heavy atom. The SMILES string of the molecule is COc1cccc(CCNCCc2cccc(OC)c2)c1. The monoisotopic (exact) mass is 285 g/mol. The second kappa shape index (κ2) is 8.32. The molecule has 0 aliphatic rings. The molecule has 21 heavy (non-hydrogen) atoms. The van der Waals surface area contributed by atoms with Gasteiger partial charge in [-0.2, -0.15) is 0 Å². The highest BCUT2D eigenvalue weighted by Crippen LogP contribution is 2.13. The molecule has 0 fully saturated rings. The summed E-state index contributed by atoms with van der Waals surface area (Å²) in [6.07, 6.45) is 2.02. The van der Waals surface area contributed by atoms with Crippen molar-refractivity contribution in [2.24, 2.45) is 0 Å². The molecule has 0 aliphatic heterocycles. The zero-order valence-corrected chi connectivity index (χ0v) is 12.8. The molecule has 0 radical (unpaired) electrons. The molecule has 0 saturated carbocycles. The lowest BCUT2D eigenvalue weighted by Crippen LogP contribution is -2.20. The van der Waals surface area contributed by atoms with E-state index in [1.54, 1.807) is 14.2 Å². The summed E-state index contributed by atoms with van der Waals surface area (Å²) in [5.41, 5.74) is 2.59. The van der Waals surface area contributed by atoms with E-state index < -0.39 is 0 Å². The standard InChI is InChI=1S/C18H23NO2/c1-20-17-7-3-5-15(13-17)9-11-19-12-10-16-6-4-8-18(14-16)21-2/h3-8,13-14,19H,9-12H2,1-2H3. The molecule has 2 aromatic carbocycles. The van der Waals surface area contributed by atoms with E-state index in [9.17, 15) is 0 Å². The average molecular weight is 285 g/mol. The van der Waals surface area contributed by atoms with Crippen molar-refractivity contribution < 1.29 is 9.47 Å². The van der Waals surface area contributed by atoms with E-state index in [-0.39, 0.29) is 0 Å². The predicted molar refractivity (Wildman–Crippen MR) is 86.3 cm³/mol. The van der Waals surface area contributed by atoms with Crippen LogP contribution >= 0.6 is 0 Å². The van der Waals surface area contributed by atoms with Crippen molar-refractivity contribution in [3.63, 3.8) is 0 Å². The lowest BCUT2D eigenvalue weighted by molar-refractivity contribution is 0.414. The molecule has 3 nitrogen and oxygen atoms in total. The summed E-state index contributed by atoms with van der Waals surface area (Å²) in [4.78, 5) is 0. The van der Waals surface area contributed by atoms with Crippen molar-refractivity contribution in [2.45, 2.75) is 12.8 Å². The molecule has 2 aromatic rings. The van der Waals surface area contributed by atoms with Gasteiger partial charge >= 0.3 is 0 Å². The molecule has 0 saturated heterocycles. The Morgan fingerprint density at radius 3 is 1.67 bits per heavy atom. The van der Waals surface area contributed by atoms with Crippen LogP contribution in [0.15, 0.2) is 48.5 Å². The van der Waals surface area contributed by atoms with Crippen LogP contribution in [0.1, 0.15) is 11.1 Å². The van der Waals surface area contributed by atoms with Gasteiger partial charge in [0.25, 0.3) is 0 Å². The molecule has 0 aromatic heterocycles. The third-order valence-electron chi connectivity index (χ3n) is 3.45. The molecule has 0 heterocycles. The third kappa shape index (κ3) is 5.12. The highest BCUT2D eigenvalue weighted by Gasteiger charge is 1.98. The summed E-state index contributed by atoms with van der Waals surface area (Å²) in [5, 5.41) is 3.48. The van der Waals surface area contributed by atoms with Gasteiger partial charge in [-0.05, 0) is 61.3 Å². The first kappa shape index (κ1) is 15.4. The zero-order chi connectivity index (χ0) is 14.9. The van der Waals surface area contributed by atoms with Gasteiger partial charge in [-0.15, -0.1) is 0 Å². The van der Waals surface area contributed by atoms with Gasteiger partial charge in [0.15, 0.2) is 0 Å². The predicted octanol–water partition coefficient (Wildman–Crippen LogP) is 3.08. The largest absolute Gasteiger partial charge is 0.497 e. The molecule has 0 aliphatic carbocycles. The first-order valence-electron chi connectivity index (χ1n) is 7.28. The van der Waals surface area contributed by atoms with Crippen LogP contribution in [0.4, 0.5) is 0 Å². The highest BCUT2D eigenvalue weighted by molar-refractivity contribution is 5.29. The Kier molecular flexibility index (Phi) is 6.10. The van der Waals surface area contributed by atoms with E-state index in [2.05, 4.69) is 29.6 Å². The van der Waals surface area contributed by atoms with Crippen molar-refractivity contribution in [3.8, 4) is 11.5 Å². The highest BCUT2D eigenvalue weighted by atomic mass is 16.5. The summed E-state index contributed by atoms with van der Waals surface area (Å²) in [7, 11) is 3.40. The molecule has 0 bridgehead atoms. The lowest BCUT2D eigenvalue weighted by Gasteiger charge is -2.07. The van der Waals surface area contributed by atoms with Crippen LogP contribution in [0, 0.1) is 0 Å². The number of nitrogens with one attached hydrogen (secondary N) is 1. The fourth-order valence-corrected chi connectivity index (χ4v) is 2.25. The minimum atomic E-state index is 0.920. The summed E-state index contributed by atoms with van der Waals surface area (Å²) in [6.45, 7) is 1.94. The summed E-state index contributed by atoms with van der Waals surface area (Å²) >= 11 is 0. The zero-order valence-electron chi connectivity index (χ0n) is 12.8. The molecule has 0 amide bonds. The Hall–Kier alpha value is -2.00. The Morgan fingerprint density at radius 2 is 1.24 bits per heavy atom. The van der Waals surface area contributed by atoms with Crippen molar-refractivity contribution in [2.75, 3.05) is 27.3 Å². The molecular weight excluding hydrogens is 262 g/mol. The summed E-state index contributed by atoms with van der Waals surface area (Å²) < 4.78 is 10.5. The van der Waals surface area contributed by atoms with Crippen LogP contribution in [-0.4, -0.2) is 27.3 Å². The third-order valence-corrected chi connectivity index (χ3v) is 3.45. The Balaban J connectivity index is 1.69. The second-order valence-corrected chi connectivity index (χ2v) is 4.95. The van der Waals surface area contributed by atoms with Gasteiger partial charge in [0, 0.05) is 0 Å². The van der Waals surface area contributed by atoms with Gasteiger partial charge in [0.1, 0.15) is 11.5 Å². The van der Waals surface area contributed by atoms with E-state index in [1.165, 1.54) is 11.1 Å². The molecule has 0 unspecified atom stereocenters. The number of benzene rings is 2. The van der Waals surface area contributed by atoms with Crippen LogP contribution in [0.5, 0.6) is 11.5 Å². The Bertz CT molecular complexity index is 505. The number of methoxy groups -OCH3 is 2. The van der Waals surface area contributed by atoms with Crippen molar-refractivity contribution >= 4 is 0 Å². The van der Waals surface area contributed by atoms with Crippen LogP contribution in [0.3, 0.4) is 0 Å². The van der Waals surface area contributed by atoms with Crippen molar-refractivity contribution in [3.05, 3.63) is 59.7 Å². The molecular formula is C18H23NO2. The van der Waals surface area contributed by atoms with Gasteiger partial charge in [-0.25, -0.2) is 0 Å². The molecule has 0 spiro atoms. The number of hydrogen-bond acceptors (Lipinski definition) is 3. The number of rotatable bonds is 8. The molecule has 0 atom stereocenters. The molecule has 2 rings (SSSR count). The van der Waals surface area contributed by atoms with Gasteiger partial charge in [-0.1, -0.05) is 24.3 Å². The average Bonchev–Trinajstić information content (AvgIpc) is 2.55. The topological polar surface area (TPSA) is 30.5 Å². The van der Waals surface area contributed by atoms with Crippen LogP contribution in [-0.2, 0) is 12.8 Å². The first-order valence-corrected chi connectivity index (χ1v) is 7.28. The summed E-state index contributed by atoms with van der Waals surface area (Å²) in [6, 6.07) is 16.4. The van der Waals surface area contributed by atoms with Gasteiger partial charge in [0.2, 0.25) is 0 Å². The maximum Gasteiger partial charge on any atom is 0.119 e. The van der Waals surface area contributed by atoms with Crippen LogP contribution in [0.25, 0.3) is 0 Å².